The van der Waals surface area contributed by atoms with Crippen LogP contribution in [0.25, 0.3) is 0 Å². The molecule has 1 N–H and O–H groups in total. The van der Waals surface area contributed by atoms with Crippen molar-refractivity contribution in [2.24, 2.45) is 0 Å². The molecular formula is C12H19N5O. The highest BCUT2D eigenvalue weighted by Crippen LogP contribution is 2.08. The number of rotatable bonds is 7. The normalized spacial score (nSPS) is 10.8. The van der Waals surface area contributed by atoms with Gasteiger partial charge in [0.15, 0.2) is 0 Å². The van der Waals surface area contributed by atoms with E-state index in [1.807, 2.05) is 30.2 Å². The van der Waals surface area contributed by atoms with Crippen LogP contribution >= 0.6 is 0 Å². The molecule has 0 fully saturated rings. The third-order valence-corrected chi connectivity index (χ3v) is 2.64. The number of methoxy groups -OCH3 is 1. The minimum absolute atomic E-state index is 0.674. The Bertz CT molecular complexity index is 463. The summed E-state index contributed by atoms with van der Waals surface area (Å²) >= 11 is 0. The highest BCUT2D eigenvalue weighted by Gasteiger charge is 2.04. The van der Waals surface area contributed by atoms with Gasteiger partial charge >= 0.3 is 0 Å². The molecule has 0 unspecified atom stereocenters. The topological polar surface area (TPSA) is 56.9 Å². The predicted octanol–water partition coefficient (Wildman–Crippen LogP) is 1.15. The number of aromatic nitrogens is 4. The van der Waals surface area contributed by atoms with Gasteiger partial charge in [0.2, 0.25) is 5.95 Å². The zero-order valence-corrected chi connectivity index (χ0v) is 10.8. The second-order valence-corrected chi connectivity index (χ2v) is 4.12. The van der Waals surface area contributed by atoms with Crippen LogP contribution in [0.2, 0.25) is 0 Å². The van der Waals surface area contributed by atoms with E-state index in [2.05, 4.69) is 19.9 Å². The minimum Gasteiger partial charge on any atom is -0.383 e. The van der Waals surface area contributed by atoms with Gasteiger partial charge in [0.05, 0.1) is 18.6 Å². The smallest absolute Gasteiger partial charge is 0.203 e. The van der Waals surface area contributed by atoms with E-state index in [-0.39, 0.29) is 0 Å². The Morgan fingerprint density at radius 2 is 2.28 bits per heavy atom. The molecule has 0 spiro atoms. The van der Waals surface area contributed by atoms with Gasteiger partial charge in [-0.3, -0.25) is 0 Å². The summed E-state index contributed by atoms with van der Waals surface area (Å²) in [6, 6.07) is 0. The Morgan fingerprint density at radius 3 is 3.00 bits per heavy atom. The average Bonchev–Trinajstić information content (AvgIpc) is 2.97. The molecule has 2 aromatic rings. The quantitative estimate of drug-likeness (QED) is 0.748. The predicted molar refractivity (Wildman–Crippen MR) is 69.6 cm³/mol. The van der Waals surface area contributed by atoms with E-state index in [1.54, 1.807) is 13.3 Å². The van der Waals surface area contributed by atoms with Crippen molar-refractivity contribution in [2.45, 2.75) is 20.0 Å². The largest absolute Gasteiger partial charge is 0.383 e. The standard InChI is InChI=1S/C12H19N5O/c1-11-9-17(7-6-16-5-3-13-10-16)12(15-11)14-4-8-18-2/h3,5,9-10H,4,6-8H2,1-2H3,(H,14,15). The molecule has 0 saturated carbocycles. The van der Waals surface area contributed by atoms with Gasteiger partial charge in [0.25, 0.3) is 0 Å². The second kappa shape index (κ2) is 6.20. The van der Waals surface area contributed by atoms with Crippen LogP contribution in [-0.4, -0.2) is 39.4 Å². The fraction of sp³-hybridized carbons (Fsp3) is 0.500. The molecular weight excluding hydrogens is 230 g/mol. The molecule has 0 aromatic carbocycles. The number of hydrogen-bond acceptors (Lipinski definition) is 4. The van der Waals surface area contributed by atoms with E-state index < -0.39 is 0 Å². The summed E-state index contributed by atoms with van der Waals surface area (Å²) < 4.78 is 9.18. The van der Waals surface area contributed by atoms with Gasteiger partial charge in [0.1, 0.15) is 0 Å². The number of nitrogens with zero attached hydrogens (tertiary/aromatic N) is 4. The van der Waals surface area contributed by atoms with Crippen LogP contribution < -0.4 is 5.32 Å². The molecule has 0 bridgehead atoms. The number of hydrogen-bond donors (Lipinski definition) is 1. The molecule has 0 amide bonds. The second-order valence-electron chi connectivity index (χ2n) is 4.12. The van der Waals surface area contributed by atoms with Crippen molar-refractivity contribution in [1.29, 1.82) is 0 Å². The number of anilines is 1. The molecule has 18 heavy (non-hydrogen) atoms. The summed E-state index contributed by atoms with van der Waals surface area (Å²) in [6.45, 7) is 5.18. The maximum absolute atomic E-state index is 5.02. The van der Waals surface area contributed by atoms with Crippen molar-refractivity contribution in [1.82, 2.24) is 19.1 Å². The number of nitrogens with one attached hydrogen (secondary N) is 1. The van der Waals surface area contributed by atoms with Crippen molar-refractivity contribution >= 4 is 5.95 Å². The molecule has 0 radical (unpaired) electrons. The van der Waals surface area contributed by atoms with Crippen molar-refractivity contribution in [2.75, 3.05) is 25.6 Å². The summed E-state index contributed by atoms with van der Waals surface area (Å²) in [4.78, 5) is 8.48. The zero-order valence-electron chi connectivity index (χ0n) is 10.8. The van der Waals surface area contributed by atoms with E-state index in [0.717, 1.165) is 31.3 Å². The molecule has 2 rings (SSSR count). The SMILES string of the molecule is COCCNc1nc(C)cn1CCn1ccnc1. The fourth-order valence-electron chi connectivity index (χ4n) is 1.77. The third kappa shape index (κ3) is 3.33. The monoisotopic (exact) mass is 249 g/mol. The summed E-state index contributed by atoms with van der Waals surface area (Å²) in [5.74, 6) is 0.893. The van der Waals surface area contributed by atoms with Gasteiger partial charge in [-0.25, -0.2) is 9.97 Å². The van der Waals surface area contributed by atoms with E-state index in [1.165, 1.54) is 0 Å². The van der Waals surface area contributed by atoms with Crippen LogP contribution in [0, 0.1) is 6.92 Å². The molecule has 0 saturated heterocycles. The molecule has 0 aliphatic carbocycles. The lowest BCUT2D eigenvalue weighted by atomic mass is 10.5. The van der Waals surface area contributed by atoms with E-state index in [4.69, 9.17) is 4.74 Å². The van der Waals surface area contributed by atoms with Crippen LogP contribution in [0.3, 0.4) is 0 Å². The maximum Gasteiger partial charge on any atom is 0.203 e. The van der Waals surface area contributed by atoms with Crippen LogP contribution in [0.1, 0.15) is 5.69 Å². The Morgan fingerprint density at radius 1 is 1.39 bits per heavy atom. The summed E-state index contributed by atoms with van der Waals surface area (Å²) in [7, 11) is 1.69. The number of ether oxygens (including phenoxy) is 1. The van der Waals surface area contributed by atoms with Crippen LogP contribution in [0.5, 0.6) is 0 Å². The Hall–Kier alpha value is -1.82. The van der Waals surface area contributed by atoms with E-state index >= 15 is 0 Å². The molecule has 0 atom stereocenters. The first-order valence-electron chi connectivity index (χ1n) is 6.02. The van der Waals surface area contributed by atoms with Gasteiger partial charge in [-0.05, 0) is 6.92 Å². The van der Waals surface area contributed by atoms with Crippen LogP contribution in [0.4, 0.5) is 5.95 Å². The third-order valence-electron chi connectivity index (χ3n) is 2.64. The lowest BCUT2D eigenvalue weighted by molar-refractivity contribution is 0.210. The van der Waals surface area contributed by atoms with Gasteiger partial charge in [-0.15, -0.1) is 0 Å². The van der Waals surface area contributed by atoms with Crippen molar-refractivity contribution in [3.8, 4) is 0 Å². The first-order valence-corrected chi connectivity index (χ1v) is 6.02. The molecule has 0 aliphatic rings. The first kappa shape index (κ1) is 12.6. The Balaban J connectivity index is 1.93. The lowest BCUT2D eigenvalue weighted by Crippen LogP contribution is -2.14. The molecule has 2 heterocycles. The maximum atomic E-state index is 5.02. The summed E-state index contributed by atoms with van der Waals surface area (Å²) in [5, 5.41) is 3.27. The fourth-order valence-corrected chi connectivity index (χ4v) is 1.77. The van der Waals surface area contributed by atoms with Gasteiger partial charge in [-0.2, -0.15) is 0 Å². The highest BCUT2D eigenvalue weighted by atomic mass is 16.5. The molecule has 0 aliphatic heterocycles. The number of aryl methyl sites for hydroxylation is 3. The first-order chi connectivity index (χ1) is 8.79. The Labute approximate surface area is 107 Å². The van der Waals surface area contributed by atoms with E-state index in [9.17, 15) is 0 Å². The van der Waals surface area contributed by atoms with Gasteiger partial charge in [-0.1, -0.05) is 0 Å². The minimum atomic E-state index is 0.674. The van der Waals surface area contributed by atoms with Gasteiger partial charge in [0, 0.05) is 45.3 Å². The van der Waals surface area contributed by atoms with Gasteiger partial charge < -0.3 is 19.2 Å². The van der Waals surface area contributed by atoms with E-state index in [0.29, 0.717) is 6.61 Å². The van der Waals surface area contributed by atoms with Crippen LogP contribution in [0.15, 0.2) is 24.9 Å². The van der Waals surface area contributed by atoms with Crippen molar-refractivity contribution in [3.63, 3.8) is 0 Å². The average molecular weight is 249 g/mol. The Kier molecular flexibility index (Phi) is 4.35. The molecule has 6 nitrogen and oxygen atoms in total. The van der Waals surface area contributed by atoms with Crippen molar-refractivity contribution < 1.29 is 4.74 Å². The van der Waals surface area contributed by atoms with Crippen molar-refractivity contribution in [3.05, 3.63) is 30.6 Å². The summed E-state index contributed by atoms with van der Waals surface area (Å²) in [5.41, 5.74) is 1.01. The number of imidazole rings is 2. The summed E-state index contributed by atoms with van der Waals surface area (Å²) in [6.07, 6.45) is 7.62. The van der Waals surface area contributed by atoms with Crippen LogP contribution in [-0.2, 0) is 17.8 Å². The lowest BCUT2D eigenvalue weighted by Gasteiger charge is -2.09. The zero-order chi connectivity index (χ0) is 12.8. The highest BCUT2D eigenvalue weighted by molar-refractivity contribution is 5.28. The molecule has 2 aromatic heterocycles. The molecule has 98 valence electrons. The molecule has 6 heteroatoms.